The zero-order chi connectivity index (χ0) is 15.0. The van der Waals surface area contributed by atoms with Gasteiger partial charge in [0, 0.05) is 12.6 Å². The van der Waals surface area contributed by atoms with Crippen LogP contribution in [0.1, 0.15) is 43.2 Å². The minimum Gasteiger partial charge on any atom is -0.489 e. The van der Waals surface area contributed by atoms with Crippen molar-refractivity contribution in [3.05, 3.63) is 65.7 Å². The van der Waals surface area contributed by atoms with Crippen LogP contribution in [0.5, 0.6) is 5.75 Å². The lowest BCUT2D eigenvalue weighted by Gasteiger charge is -2.22. The molecule has 0 saturated heterocycles. The summed E-state index contributed by atoms with van der Waals surface area (Å²) < 4.78 is 5.82. The third kappa shape index (κ3) is 4.60. The van der Waals surface area contributed by atoms with Crippen LogP contribution in [0, 0.1) is 0 Å². The van der Waals surface area contributed by atoms with E-state index >= 15 is 0 Å². The lowest BCUT2D eigenvalue weighted by molar-refractivity contribution is 0.306. The van der Waals surface area contributed by atoms with E-state index in [1.165, 1.54) is 43.2 Å². The second kappa shape index (κ2) is 8.00. The van der Waals surface area contributed by atoms with Gasteiger partial charge in [0.05, 0.1) is 0 Å². The molecule has 0 unspecified atom stereocenters. The molecular weight excluding hydrogens is 270 g/mol. The zero-order valence-electron chi connectivity index (χ0n) is 13.1. The van der Waals surface area contributed by atoms with E-state index in [0.717, 1.165) is 12.3 Å². The maximum absolute atomic E-state index is 5.82. The van der Waals surface area contributed by atoms with Crippen LogP contribution >= 0.6 is 0 Å². The van der Waals surface area contributed by atoms with Gasteiger partial charge in [0.15, 0.2) is 0 Å². The minimum atomic E-state index is 0.626. The molecule has 1 saturated carbocycles. The highest BCUT2D eigenvalue weighted by atomic mass is 16.5. The summed E-state index contributed by atoms with van der Waals surface area (Å²) in [5.74, 6) is 0.935. The smallest absolute Gasteiger partial charge is 0.119 e. The fraction of sp³-hybridized carbons (Fsp3) is 0.400. The fourth-order valence-corrected chi connectivity index (χ4v) is 3.01. The van der Waals surface area contributed by atoms with Crippen molar-refractivity contribution in [3.8, 4) is 5.75 Å². The Labute approximate surface area is 133 Å². The highest BCUT2D eigenvalue weighted by molar-refractivity contribution is 5.27. The van der Waals surface area contributed by atoms with E-state index in [-0.39, 0.29) is 0 Å². The standard InChI is InChI=1S/C20H25NO/c1-3-7-18(8-4-1)16-22-20-13-11-17(12-14-20)15-21-19-9-5-2-6-10-19/h1,3-4,7-8,11-14,19,21H,2,5-6,9-10,15-16H2. The van der Waals surface area contributed by atoms with Gasteiger partial charge in [-0.3, -0.25) is 0 Å². The van der Waals surface area contributed by atoms with Crippen LogP contribution in [0.3, 0.4) is 0 Å². The number of hydrogen-bond donors (Lipinski definition) is 1. The molecular formula is C20H25NO. The lowest BCUT2D eigenvalue weighted by Crippen LogP contribution is -2.30. The summed E-state index contributed by atoms with van der Waals surface area (Å²) >= 11 is 0. The van der Waals surface area contributed by atoms with Gasteiger partial charge in [0.2, 0.25) is 0 Å². The number of rotatable bonds is 6. The summed E-state index contributed by atoms with van der Waals surface area (Å²) in [5.41, 5.74) is 2.53. The maximum Gasteiger partial charge on any atom is 0.119 e. The van der Waals surface area contributed by atoms with E-state index in [9.17, 15) is 0 Å². The molecule has 0 amide bonds. The Balaban J connectivity index is 1.45. The summed E-state index contributed by atoms with van der Waals surface area (Å²) in [7, 11) is 0. The topological polar surface area (TPSA) is 21.3 Å². The number of benzene rings is 2. The molecule has 116 valence electrons. The van der Waals surface area contributed by atoms with Crippen LogP contribution in [0.15, 0.2) is 54.6 Å². The molecule has 3 rings (SSSR count). The summed E-state index contributed by atoms with van der Waals surface area (Å²) in [6.45, 7) is 1.59. The molecule has 1 N–H and O–H groups in total. The molecule has 1 aliphatic rings. The van der Waals surface area contributed by atoms with Gasteiger partial charge in [-0.05, 0) is 36.1 Å². The molecule has 0 radical (unpaired) electrons. The monoisotopic (exact) mass is 295 g/mol. The first-order valence-electron chi connectivity index (χ1n) is 8.39. The summed E-state index contributed by atoms with van der Waals surface area (Å²) in [5, 5.41) is 3.67. The average molecular weight is 295 g/mol. The molecule has 2 aromatic carbocycles. The van der Waals surface area contributed by atoms with E-state index in [0.29, 0.717) is 12.6 Å². The molecule has 0 aromatic heterocycles. The van der Waals surface area contributed by atoms with Crippen molar-refractivity contribution in [2.24, 2.45) is 0 Å². The normalized spacial score (nSPS) is 15.6. The van der Waals surface area contributed by atoms with E-state index in [1.54, 1.807) is 0 Å². The Kier molecular flexibility index (Phi) is 5.49. The van der Waals surface area contributed by atoms with E-state index in [4.69, 9.17) is 4.74 Å². The van der Waals surface area contributed by atoms with Crippen molar-refractivity contribution >= 4 is 0 Å². The van der Waals surface area contributed by atoms with Gasteiger partial charge in [-0.1, -0.05) is 61.7 Å². The molecule has 2 aromatic rings. The quantitative estimate of drug-likeness (QED) is 0.835. The van der Waals surface area contributed by atoms with Gasteiger partial charge in [-0.15, -0.1) is 0 Å². The van der Waals surface area contributed by atoms with E-state index in [2.05, 4.69) is 41.7 Å². The Hall–Kier alpha value is -1.80. The number of nitrogens with one attached hydrogen (secondary N) is 1. The van der Waals surface area contributed by atoms with Gasteiger partial charge in [0.1, 0.15) is 12.4 Å². The summed E-state index contributed by atoms with van der Waals surface area (Å²) in [6.07, 6.45) is 6.83. The van der Waals surface area contributed by atoms with Crippen LogP contribution in [0.4, 0.5) is 0 Å². The number of ether oxygens (including phenoxy) is 1. The van der Waals surface area contributed by atoms with Gasteiger partial charge in [-0.2, -0.15) is 0 Å². The molecule has 0 bridgehead atoms. The third-order valence-electron chi connectivity index (χ3n) is 4.37. The fourth-order valence-electron chi connectivity index (χ4n) is 3.01. The van der Waals surface area contributed by atoms with Crippen molar-refractivity contribution in [2.45, 2.75) is 51.3 Å². The molecule has 1 aliphatic carbocycles. The summed E-state index contributed by atoms with van der Waals surface area (Å²) in [6, 6.07) is 19.5. The van der Waals surface area contributed by atoms with Crippen molar-refractivity contribution in [3.63, 3.8) is 0 Å². The Morgan fingerprint density at radius 3 is 2.27 bits per heavy atom. The predicted molar refractivity (Wildman–Crippen MR) is 90.9 cm³/mol. The van der Waals surface area contributed by atoms with Crippen LogP contribution < -0.4 is 10.1 Å². The van der Waals surface area contributed by atoms with E-state index < -0.39 is 0 Å². The second-order valence-corrected chi connectivity index (χ2v) is 6.13. The van der Waals surface area contributed by atoms with Crippen LogP contribution in [-0.2, 0) is 13.2 Å². The first kappa shape index (κ1) is 15.1. The average Bonchev–Trinajstić information content (AvgIpc) is 2.61. The molecule has 0 aliphatic heterocycles. The van der Waals surface area contributed by atoms with Crippen molar-refractivity contribution in [1.82, 2.24) is 5.32 Å². The molecule has 1 fully saturated rings. The van der Waals surface area contributed by atoms with Crippen LogP contribution in [0.2, 0.25) is 0 Å². The lowest BCUT2D eigenvalue weighted by atomic mass is 9.95. The van der Waals surface area contributed by atoms with Crippen molar-refractivity contribution in [2.75, 3.05) is 0 Å². The Morgan fingerprint density at radius 1 is 0.818 bits per heavy atom. The molecule has 22 heavy (non-hydrogen) atoms. The first-order chi connectivity index (χ1) is 10.9. The molecule has 0 heterocycles. The van der Waals surface area contributed by atoms with Crippen molar-refractivity contribution in [1.29, 1.82) is 0 Å². The summed E-state index contributed by atoms with van der Waals surface area (Å²) in [4.78, 5) is 0. The van der Waals surface area contributed by atoms with Gasteiger partial charge < -0.3 is 10.1 Å². The van der Waals surface area contributed by atoms with Crippen LogP contribution in [0.25, 0.3) is 0 Å². The minimum absolute atomic E-state index is 0.626. The SMILES string of the molecule is c1ccc(COc2ccc(CNC3CCCCC3)cc2)cc1. The molecule has 0 spiro atoms. The highest BCUT2D eigenvalue weighted by Crippen LogP contribution is 2.18. The van der Waals surface area contributed by atoms with E-state index in [1.807, 2.05) is 18.2 Å². The third-order valence-corrected chi connectivity index (χ3v) is 4.37. The Morgan fingerprint density at radius 2 is 1.55 bits per heavy atom. The predicted octanol–water partition coefficient (Wildman–Crippen LogP) is 4.69. The largest absolute Gasteiger partial charge is 0.489 e. The molecule has 2 nitrogen and oxygen atoms in total. The Bertz CT molecular complexity index is 544. The number of hydrogen-bond acceptors (Lipinski definition) is 2. The van der Waals surface area contributed by atoms with Gasteiger partial charge >= 0.3 is 0 Å². The van der Waals surface area contributed by atoms with Crippen molar-refractivity contribution < 1.29 is 4.74 Å². The van der Waals surface area contributed by atoms with Crippen LogP contribution in [-0.4, -0.2) is 6.04 Å². The highest BCUT2D eigenvalue weighted by Gasteiger charge is 2.12. The first-order valence-corrected chi connectivity index (χ1v) is 8.39. The zero-order valence-corrected chi connectivity index (χ0v) is 13.1. The van der Waals surface area contributed by atoms with Gasteiger partial charge in [-0.25, -0.2) is 0 Å². The molecule has 0 atom stereocenters. The van der Waals surface area contributed by atoms with Gasteiger partial charge in [0.25, 0.3) is 0 Å². The molecule has 2 heteroatoms. The maximum atomic E-state index is 5.82. The second-order valence-electron chi connectivity index (χ2n) is 6.13.